The lowest BCUT2D eigenvalue weighted by molar-refractivity contribution is -0.137. The van der Waals surface area contributed by atoms with Crippen LogP contribution in [0, 0.1) is 0 Å². The number of halogens is 4. The summed E-state index contributed by atoms with van der Waals surface area (Å²) in [5, 5.41) is 4.21. The second kappa shape index (κ2) is 5.55. The van der Waals surface area contributed by atoms with Gasteiger partial charge in [-0.05, 0) is 40.9 Å². The van der Waals surface area contributed by atoms with E-state index in [1.165, 1.54) is 10.9 Å². The maximum absolute atomic E-state index is 13.1. The van der Waals surface area contributed by atoms with Gasteiger partial charge in [0, 0.05) is 16.4 Å². The van der Waals surface area contributed by atoms with Gasteiger partial charge in [-0.3, -0.25) is 0 Å². The van der Waals surface area contributed by atoms with Gasteiger partial charge in [0.15, 0.2) is 5.82 Å². The van der Waals surface area contributed by atoms with E-state index in [0.29, 0.717) is 18.5 Å². The lowest BCUT2D eigenvalue weighted by atomic mass is 10.2. The first kappa shape index (κ1) is 15.0. The van der Waals surface area contributed by atoms with Crippen molar-refractivity contribution in [1.82, 2.24) is 14.8 Å². The molecule has 108 valence electrons. The van der Waals surface area contributed by atoms with Crippen molar-refractivity contribution in [2.75, 3.05) is 0 Å². The van der Waals surface area contributed by atoms with Crippen LogP contribution in [0.4, 0.5) is 13.2 Å². The van der Waals surface area contributed by atoms with Gasteiger partial charge in [0.2, 0.25) is 0 Å². The number of nitrogens with zero attached hydrogens (tertiary/aromatic N) is 3. The minimum absolute atomic E-state index is 0.183. The molecule has 0 aliphatic heterocycles. The Labute approximate surface area is 123 Å². The van der Waals surface area contributed by atoms with Gasteiger partial charge in [-0.15, -0.1) is 0 Å². The summed E-state index contributed by atoms with van der Waals surface area (Å²) in [6.07, 6.45) is -1.88. The van der Waals surface area contributed by atoms with Gasteiger partial charge in [0.1, 0.15) is 5.56 Å². The van der Waals surface area contributed by atoms with Crippen LogP contribution in [0.1, 0.15) is 30.8 Å². The second-order valence-electron chi connectivity index (χ2n) is 4.27. The molecule has 0 aliphatic rings. The van der Waals surface area contributed by atoms with Crippen LogP contribution in [-0.2, 0) is 19.0 Å². The van der Waals surface area contributed by atoms with E-state index in [2.05, 4.69) is 26.0 Å². The molecule has 20 heavy (non-hydrogen) atoms. The van der Waals surface area contributed by atoms with Gasteiger partial charge in [-0.1, -0.05) is 13.8 Å². The highest BCUT2D eigenvalue weighted by Crippen LogP contribution is 2.34. The first-order valence-corrected chi connectivity index (χ1v) is 6.97. The molecule has 0 saturated carbocycles. The highest BCUT2D eigenvalue weighted by atomic mass is 79.9. The highest BCUT2D eigenvalue weighted by Gasteiger charge is 2.35. The van der Waals surface area contributed by atoms with Crippen LogP contribution in [-0.4, -0.2) is 14.8 Å². The van der Waals surface area contributed by atoms with Crippen LogP contribution in [0.15, 0.2) is 22.8 Å². The Morgan fingerprint density at radius 2 is 1.90 bits per heavy atom. The van der Waals surface area contributed by atoms with Crippen molar-refractivity contribution in [3.8, 4) is 5.82 Å². The van der Waals surface area contributed by atoms with E-state index < -0.39 is 11.7 Å². The Bertz CT molecular complexity index is 620. The maximum Gasteiger partial charge on any atom is 0.420 e. The third kappa shape index (κ3) is 2.87. The topological polar surface area (TPSA) is 30.7 Å². The van der Waals surface area contributed by atoms with Crippen LogP contribution >= 0.6 is 15.9 Å². The predicted molar refractivity (Wildman–Crippen MR) is 72.8 cm³/mol. The fraction of sp³-hybridized carbons (Fsp3) is 0.385. The number of rotatable bonds is 3. The molecule has 0 N–H and O–H groups in total. The summed E-state index contributed by atoms with van der Waals surface area (Å²) >= 11 is 3.02. The summed E-state index contributed by atoms with van der Waals surface area (Å²) in [6, 6.07) is 2.83. The molecule has 0 aromatic carbocycles. The minimum Gasteiger partial charge on any atom is -0.235 e. The number of hydrogen-bond donors (Lipinski definition) is 0. The van der Waals surface area contributed by atoms with E-state index >= 15 is 0 Å². The van der Waals surface area contributed by atoms with Gasteiger partial charge in [-0.25, -0.2) is 9.67 Å². The molecule has 2 aromatic rings. The lowest BCUT2D eigenvalue weighted by Crippen LogP contribution is -2.15. The molecular formula is C13H13BrF3N3. The summed E-state index contributed by atoms with van der Waals surface area (Å²) in [4.78, 5) is 3.90. The standard InChI is InChI=1S/C13H13BrF3N3/c1-3-9-6-10(4-2)20(19-9)12-11(13(15,16)17)5-8(14)7-18-12/h5-7H,3-4H2,1-2H3. The van der Waals surface area contributed by atoms with E-state index in [1.807, 2.05) is 19.9 Å². The maximum atomic E-state index is 13.1. The van der Waals surface area contributed by atoms with E-state index in [1.54, 1.807) is 0 Å². The molecule has 0 radical (unpaired) electrons. The molecule has 0 fully saturated rings. The van der Waals surface area contributed by atoms with Gasteiger partial charge in [0.25, 0.3) is 0 Å². The summed E-state index contributed by atoms with van der Waals surface area (Å²) < 4.78 is 41.0. The zero-order valence-corrected chi connectivity index (χ0v) is 12.6. The van der Waals surface area contributed by atoms with Gasteiger partial charge >= 0.3 is 6.18 Å². The highest BCUT2D eigenvalue weighted by molar-refractivity contribution is 9.10. The molecule has 7 heteroatoms. The van der Waals surface area contributed by atoms with Gasteiger partial charge in [-0.2, -0.15) is 18.3 Å². The third-order valence-electron chi connectivity index (χ3n) is 2.90. The average molecular weight is 348 g/mol. The Morgan fingerprint density at radius 3 is 2.45 bits per heavy atom. The fourth-order valence-corrected chi connectivity index (χ4v) is 2.22. The molecule has 0 atom stereocenters. The number of pyridine rings is 1. The first-order chi connectivity index (χ1) is 9.36. The van der Waals surface area contributed by atoms with Crippen LogP contribution in [0.3, 0.4) is 0 Å². The zero-order chi connectivity index (χ0) is 14.9. The quantitative estimate of drug-likeness (QED) is 0.833. The molecule has 0 spiro atoms. The normalized spacial score (nSPS) is 11.9. The van der Waals surface area contributed by atoms with Crippen LogP contribution in [0.25, 0.3) is 5.82 Å². The second-order valence-corrected chi connectivity index (χ2v) is 5.18. The van der Waals surface area contributed by atoms with Crippen molar-refractivity contribution in [1.29, 1.82) is 0 Å². The largest absolute Gasteiger partial charge is 0.420 e. The number of alkyl halides is 3. The minimum atomic E-state index is -4.48. The molecular weight excluding hydrogens is 335 g/mol. The van der Waals surface area contributed by atoms with Crippen molar-refractivity contribution < 1.29 is 13.2 Å². The molecule has 0 saturated heterocycles. The molecule has 2 aromatic heterocycles. The average Bonchev–Trinajstić information content (AvgIpc) is 2.81. The smallest absolute Gasteiger partial charge is 0.235 e. The Balaban J connectivity index is 2.66. The number of hydrogen-bond acceptors (Lipinski definition) is 2. The van der Waals surface area contributed by atoms with E-state index in [9.17, 15) is 13.2 Å². The first-order valence-electron chi connectivity index (χ1n) is 6.17. The molecule has 0 amide bonds. The van der Waals surface area contributed by atoms with Crippen molar-refractivity contribution in [3.05, 3.63) is 39.8 Å². The monoisotopic (exact) mass is 347 g/mol. The van der Waals surface area contributed by atoms with Crippen LogP contribution in [0.2, 0.25) is 0 Å². The Morgan fingerprint density at radius 1 is 1.20 bits per heavy atom. The molecule has 2 heterocycles. The molecule has 0 unspecified atom stereocenters. The van der Waals surface area contributed by atoms with Crippen LogP contribution in [0.5, 0.6) is 0 Å². The van der Waals surface area contributed by atoms with Crippen molar-refractivity contribution in [2.24, 2.45) is 0 Å². The lowest BCUT2D eigenvalue weighted by Gasteiger charge is -2.13. The van der Waals surface area contributed by atoms with Crippen molar-refractivity contribution in [3.63, 3.8) is 0 Å². The zero-order valence-electron chi connectivity index (χ0n) is 11.0. The van der Waals surface area contributed by atoms with Crippen molar-refractivity contribution >= 4 is 15.9 Å². The van der Waals surface area contributed by atoms with Gasteiger partial charge in [0.05, 0.1) is 5.69 Å². The molecule has 3 nitrogen and oxygen atoms in total. The summed E-state index contributed by atoms with van der Waals surface area (Å²) in [6.45, 7) is 3.78. The van der Waals surface area contributed by atoms with E-state index in [4.69, 9.17) is 0 Å². The summed E-state index contributed by atoms with van der Waals surface area (Å²) in [5.41, 5.74) is 0.661. The van der Waals surface area contributed by atoms with Gasteiger partial charge < -0.3 is 0 Å². The van der Waals surface area contributed by atoms with E-state index in [0.717, 1.165) is 11.8 Å². The Hall–Kier alpha value is -1.37. The predicted octanol–water partition coefficient (Wildman–Crippen LogP) is 4.17. The summed E-state index contributed by atoms with van der Waals surface area (Å²) in [5.74, 6) is -0.183. The Kier molecular flexibility index (Phi) is 4.17. The van der Waals surface area contributed by atoms with Crippen molar-refractivity contribution in [2.45, 2.75) is 32.9 Å². The van der Waals surface area contributed by atoms with E-state index in [-0.39, 0.29) is 10.3 Å². The SMILES string of the molecule is CCc1cc(CC)n(-c2ncc(Br)cc2C(F)(F)F)n1. The molecule has 2 rings (SSSR count). The number of aryl methyl sites for hydroxylation is 2. The number of aromatic nitrogens is 3. The summed E-state index contributed by atoms with van der Waals surface area (Å²) in [7, 11) is 0. The van der Waals surface area contributed by atoms with Crippen LogP contribution < -0.4 is 0 Å². The third-order valence-corrected chi connectivity index (χ3v) is 3.33. The molecule has 0 aliphatic carbocycles. The molecule has 0 bridgehead atoms. The fourth-order valence-electron chi connectivity index (χ4n) is 1.89.